The van der Waals surface area contributed by atoms with Crippen LogP contribution >= 0.6 is 76.4 Å². The van der Waals surface area contributed by atoms with E-state index in [1.165, 1.54) is 0 Å². The van der Waals surface area contributed by atoms with Crippen LogP contribution in [-0.4, -0.2) is 55.9 Å². The highest BCUT2D eigenvalue weighted by Gasteiger charge is 2.65. The lowest BCUT2D eigenvalue weighted by atomic mass is 9.50. The monoisotopic (exact) mass is 548 g/mol. The van der Waals surface area contributed by atoms with E-state index in [1.54, 1.807) is 0 Å². The van der Waals surface area contributed by atoms with Gasteiger partial charge in [-0.3, -0.25) is 0 Å². The fourth-order valence-corrected chi connectivity index (χ4v) is 9.35. The molecule has 0 N–H and O–H groups in total. The summed E-state index contributed by atoms with van der Waals surface area (Å²) in [5, 5.41) is -1.32. The molecule has 0 saturated heterocycles. The predicted molar refractivity (Wildman–Crippen MR) is 170 cm³/mol. The lowest BCUT2D eigenvalue weighted by Gasteiger charge is -2.68. The Balaban J connectivity index is 6.57. The van der Waals surface area contributed by atoms with Crippen LogP contribution in [0.4, 0.5) is 0 Å². The molecule has 0 aliphatic carbocycles. The molecular weight excluding hydrogens is 500 g/mol. The van der Waals surface area contributed by atoms with Gasteiger partial charge < -0.3 is 0 Å². The molecule has 0 bridgehead atoms. The van der Waals surface area contributed by atoms with E-state index in [0.717, 1.165) is 12.2 Å². The van der Waals surface area contributed by atoms with Gasteiger partial charge in [-0.2, -0.15) is 11.8 Å². The molecule has 0 aliphatic rings. The molecule has 14 atom stereocenters. The molecule has 0 saturated carbocycles. The minimum absolute atomic E-state index is 0.0539. The molecule has 0 aromatic rings. The summed E-state index contributed by atoms with van der Waals surface area (Å²) in [5.74, 6) is 1.15. The molecule has 14 unspecified atom stereocenters. The average Bonchev–Trinajstić information content (AvgIpc) is 2.50. The van der Waals surface area contributed by atoms with Crippen LogP contribution in [0.2, 0.25) is 5.31 Å². The van der Waals surface area contributed by atoms with Crippen LogP contribution in [0.5, 0.6) is 0 Å². The first-order valence-corrected chi connectivity index (χ1v) is 15.5. The van der Waals surface area contributed by atoms with Crippen molar-refractivity contribution in [2.75, 3.05) is 12.0 Å². The fourth-order valence-electron chi connectivity index (χ4n) is 3.99. The van der Waals surface area contributed by atoms with Gasteiger partial charge >= 0.3 is 0 Å². The van der Waals surface area contributed by atoms with E-state index in [9.17, 15) is 0 Å². The van der Waals surface area contributed by atoms with Crippen LogP contribution in [0.1, 0.15) is 68.7 Å². The maximum absolute atomic E-state index is 7.08. The van der Waals surface area contributed by atoms with Crippen molar-refractivity contribution >= 4 is 84.3 Å². The number of hydrogen-bond donors (Lipinski definition) is 0. The molecule has 0 nitrogen and oxygen atoms in total. The van der Waals surface area contributed by atoms with Gasteiger partial charge in [-0.1, -0.05) is 67.6 Å². The van der Waals surface area contributed by atoms with E-state index >= 15 is 0 Å². The van der Waals surface area contributed by atoms with Gasteiger partial charge in [-0.05, 0) is 33.9 Å². The molecule has 29 heavy (non-hydrogen) atoms. The largest absolute Gasteiger partial charge is 0.165 e. The van der Waals surface area contributed by atoms with E-state index in [0.29, 0.717) is 0 Å². The minimum atomic E-state index is -0.440. The zero-order valence-corrected chi connectivity index (χ0v) is 29.3. The summed E-state index contributed by atoms with van der Waals surface area (Å²) in [4.78, 5) is 0. The zero-order valence-electron chi connectivity index (χ0n) is 20.4. The highest BCUT2D eigenvalue weighted by atomic mass is 32.2. The second kappa shape index (κ2) is 9.82. The summed E-state index contributed by atoms with van der Waals surface area (Å²) in [5.41, 5.74) is 0. The topological polar surface area (TPSA) is 0 Å². The van der Waals surface area contributed by atoms with Crippen LogP contribution in [0.15, 0.2) is 0 Å². The van der Waals surface area contributed by atoms with E-state index in [2.05, 4.69) is 133 Å². The Morgan fingerprint density at radius 3 is 1.21 bits per heavy atom. The molecular formula is C20H48BP7S. The second-order valence-electron chi connectivity index (χ2n) is 11.1. The Labute approximate surface area is 205 Å². The van der Waals surface area contributed by atoms with Crippen LogP contribution in [0.25, 0.3) is 0 Å². The summed E-state index contributed by atoms with van der Waals surface area (Å²) in [6.45, 7) is 20.8. The van der Waals surface area contributed by atoms with Gasteiger partial charge in [0.15, 0.2) is 0 Å². The van der Waals surface area contributed by atoms with Crippen molar-refractivity contribution in [2.24, 2.45) is 0 Å². The summed E-state index contributed by atoms with van der Waals surface area (Å²) in [6.07, 6.45) is 3.33. The summed E-state index contributed by atoms with van der Waals surface area (Å²) >= 11 is 1.92. The number of thioether (sulfide) groups is 1. The van der Waals surface area contributed by atoms with Gasteiger partial charge in [-0.15, -0.1) is 64.7 Å². The lowest BCUT2D eigenvalue weighted by molar-refractivity contribution is 0.222. The molecule has 0 rings (SSSR count). The van der Waals surface area contributed by atoms with Crippen LogP contribution < -0.4 is 0 Å². The molecule has 2 radical (unpaired) electrons. The first-order valence-electron chi connectivity index (χ1n) is 10.1. The van der Waals surface area contributed by atoms with Crippen LogP contribution in [0, 0.1) is 0 Å². The molecule has 0 amide bonds. The quantitative estimate of drug-likeness (QED) is 0.221. The standard InChI is InChI=1S/C20H48BP7S/c1-13(2,22)15(4,21)17(6,25)19(8,27)20(9,28)18(7,26)16(5,24)14(3,23)11-12-29-10/h11-12,22-28H2,1-10H3. The molecule has 0 fully saturated rings. The molecule has 172 valence electrons. The Hall–Kier alpha value is 3.42. The number of hydrogen-bond acceptors (Lipinski definition) is 1. The Kier molecular flexibility index (Phi) is 11.0. The van der Waals surface area contributed by atoms with Gasteiger partial charge in [0.1, 0.15) is 0 Å². The number of rotatable bonds is 10. The molecule has 0 heterocycles. The maximum atomic E-state index is 7.08. The third kappa shape index (κ3) is 5.33. The van der Waals surface area contributed by atoms with Crippen molar-refractivity contribution < 1.29 is 0 Å². The van der Waals surface area contributed by atoms with E-state index in [4.69, 9.17) is 7.85 Å². The van der Waals surface area contributed by atoms with Crippen LogP contribution in [0.3, 0.4) is 0 Å². The Morgan fingerprint density at radius 1 is 0.586 bits per heavy atom. The first-order chi connectivity index (χ1) is 12.3. The Bertz CT molecular complexity index is 576. The third-order valence-corrected chi connectivity index (χ3v) is 18.6. The van der Waals surface area contributed by atoms with E-state index in [-0.39, 0.29) is 36.1 Å². The van der Waals surface area contributed by atoms with Crippen molar-refractivity contribution in [3.8, 4) is 0 Å². The highest BCUT2D eigenvalue weighted by molar-refractivity contribution is 7.98. The maximum Gasteiger partial charge on any atom is 0.0766 e. The predicted octanol–water partition coefficient (Wildman–Crippen LogP) is 6.54. The average molecular weight is 548 g/mol. The van der Waals surface area contributed by atoms with Crippen LogP contribution in [-0.2, 0) is 0 Å². The van der Waals surface area contributed by atoms with Crippen molar-refractivity contribution in [1.29, 1.82) is 0 Å². The zero-order chi connectivity index (χ0) is 24.1. The van der Waals surface area contributed by atoms with Gasteiger partial charge in [0.05, 0.1) is 7.85 Å². The van der Waals surface area contributed by atoms with Gasteiger partial charge in [0.2, 0.25) is 0 Å². The summed E-state index contributed by atoms with van der Waals surface area (Å²) in [6, 6.07) is 0. The molecule has 0 spiro atoms. The fraction of sp³-hybridized carbons (Fsp3) is 1.00. The lowest BCUT2D eigenvalue weighted by Crippen LogP contribution is -2.72. The van der Waals surface area contributed by atoms with Crippen molar-refractivity contribution in [2.45, 2.75) is 110 Å². The normalized spacial score (nSPS) is 27.9. The molecule has 0 aromatic heterocycles. The molecule has 9 heteroatoms. The summed E-state index contributed by atoms with van der Waals surface area (Å²) in [7, 11) is 29.3. The van der Waals surface area contributed by atoms with E-state index < -0.39 is 5.31 Å². The van der Waals surface area contributed by atoms with Gasteiger partial charge in [-0.25, -0.2) is 0 Å². The SMILES string of the molecule is [B]C(C)(C(C)(C)P)C(C)(P)C(C)(P)C(C)(P)C(C)(P)C(C)(P)C(C)(P)CCSC. The second-order valence-corrected chi connectivity index (χ2v) is 20.6. The first kappa shape index (κ1) is 32.4. The molecule has 0 aliphatic heterocycles. The van der Waals surface area contributed by atoms with Crippen molar-refractivity contribution in [3.63, 3.8) is 0 Å². The van der Waals surface area contributed by atoms with Gasteiger partial charge in [0.25, 0.3) is 0 Å². The van der Waals surface area contributed by atoms with E-state index in [1.807, 2.05) is 11.8 Å². The smallest absolute Gasteiger partial charge is 0.0766 e. The summed E-state index contributed by atoms with van der Waals surface area (Å²) < 4.78 is 0. The van der Waals surface area contributed by atoms with Gasteiger partial charge in [0, 0.05) is 20.6 Å². The minimum Gasteiger partial charge on any atom is -0.165 e. The highest BCUT2D eigenvalue weighted by Crippen LogP contribution is 2.69. The Morgan fingerprint density at radius 2 is 0.897 bits per heavy atom. The third-order valence-electron chi connectivity index (χ3n) is 8.74. The molecule has 0 aromatic carbocycles. The van der Waals surface area contributed by atoms with Crippen molar-refractivity contribution in [1.82, 2.24) is 0 Å². The van der Waals surface area contributed by atoms with Crippen molar-refractivity contribution in [3.05, 3.63) is 0 Å².